The van der Waals surface area contributed by atoms with Gasteiger partial charge >= 0.3 is 5.69 Å². The second kappa shape index (κ2) is 4.63. The maximum atomic E-state index is 11.8. The zero-order valence-electron chi connectivity index (χ0n) is 10.3. The molecule has 0 saturated heterocycles. The molecule has 2 aromatic rings. The number of imidazole rings is 1. The van der Waals surface area contributed by atoms with Gasteiger partial charge in [0.25, 0.3) is 0 Å². The summed E-state index contributed by atoms with van der Waals surface area (Å²) in [5.41, 5.74) is 1.63. The van der Waals surface area contributed by atoms with Gasteiger partial charge in [-0.25, -0.2) is 4.79 Å². The second-order valence-corrected chi connectivity index (χ2v) is 3.87. The molecule has 0 radical (unpaired) electrons. The number of hydrogen-bond acceptors (Lipinski definition) is 3. The van der Waals surface area contributed by atoms with Crippen molar-refractivity contribution in [3.05, 3.63) is 28.7 Å². The summed E-state index contributed by atoms with van der Waals surface area (Å²) in [4.78, 5) is 11.8. The van der Waals surface area contributed by atoms with Crippen molar-refractivity contribution in [1.82, 2.24) is 9.13 Å². The molecule has 0 N–H and O–H groups in total. The number of methoxy groups -OCH3 is 1. The zero-order chi connectivity index (χ0) is 12.4. The van der Waals surface area contributed by atoms with E-state index in [1.807, 2.05) is 18.2 Å². The van der Waals surface area contributed by atoms with E-state index in [-0.39, 0.29) is 5.69 Å². The van der Waals surface area contributed by atoms with Gasteiger partial charge in [-0.2, -0.15) is 0 Å². The minimum absolute atomic E-state index is 0.0530. The van der Waals surface area contributed by atoms with Crippen molar-refractivity contribution >= 4 is 11.0 Å². The minimum Gasteiger partial charge on any atom is -0.489 e. The predicted molar refractivity (Wildman–Crippen MR) is 65.5 cm³/mol. The highest BCUT2D eigenvalue weighted by atomic mass is 16.5. The Bertz CT molecular complexity index is 583. The Morgan fingerprint density at radius 1 is 1.18 bits per heavy atom. The van der Waals surface area contributed by atoms with E-state index in [1.54, 1.807) is 30.3 Å². The second-order valence-electron chi connectivity index (χ2n) is 3.87. The molecule has 1 aromatic carbocycles. The van der Waals surface area contributed by atoms with E-state index in [4.69, 9.17) is 9.47 Å². The summed E-state index contributed by atoms with van der Waals surface area (Å²) in [6, 6.07) is 5.64. The monoisotopic (exact) mass is 236 g/mol. The van der Waals surface area contributed by atoms with Crippen molar-refractivity contribution in [1.29, 1.82) is 0 Å². The lowest BCUT2D eigenvalue weighted by Crippen LogP contribution is -2.19. The fourth-order valence-corrected chi connectivity index (χ4v) is 1.89. The Morgan fingerprint density at radius 3 is 2.65 bits per heavy atom. The maximum Gasteiger partial charge on any atom is 0.328 e. The maximum absolute atomic E-state index is 11.8. The van der Waals surface area contributed by atoms with Gasteiger partial charge in [0, 0.05) is 21.2 Å². The molecule has 0 spiro atoms. The molecule has 5 nitrogen and oxygen atoms in total. The molecule has 0 aliphatic carbocycles. The molecule has 0 aliphatic rings. The molecule has 92 valence electrons. The van der Waals surface area contributed by atoms with Crippen LogP contribution in [0.4, 0.5) is 0 Å². The summed E-state index contributed by atoms with van der Waals surface area (Å²) < 4.78 is 13.8. The van der Waals surface area contributed by atoms with Crippen LogP contribution in [0.25, 0.3) is 11.0 Å². The molecular weight excluding hydrogens is 220 g/mol. The third kappa shape index (κ3) is 1.93. The van der Waals surface area contributed by atoms with Gasteiger partial charge in [-0.1, -0.05) is 6.07 Å². The molecular formula is C12H16N2O3. The van der Waals surface area contributed by atoms with Crippen LogP contribution in [-0.4, -0.2) is 29.5 Å². The van der Waals surface area contributed by atoms with E-state index >= 15 is 0 Å². The highest BCUT2D eigenvalue weighted by Crippen LogP contribution is 2.23. The Labute approximate surface area is 99.2 Å². The van der Waals surface area contributed by atoms with Gasteiger partial charge in [0.15, 0.2) is 0 Å². The van der Waals surface area contributed by atoms with Crippen molar-refractivity contribution in [2.75, 3.05) is 20.3 Å². The number of hydrogen-bond donors (Lipinski definition) is 0. The summed E-state index contributed by atoms with van der Waals surface area (Å²) in [7, 11) is 5.12. The van der Waals surface area contributed by atoms with Gasteiger partial charge in [-0.15, -0.1) is 0 Å². The molecule has 2 rings (SSSR count). The van der Waals surface area contributed by atoms with Crippen LogP contribution < -0.4 is 10.4 Å². The van der Waals surface area contributed by atoms with Crippen LogP contribution in [0.2, 0.25) is 0 Å². The number of nitrogens with zero attached hydrogens (tertiary/aromatic N) is 2. The van der Waals surface area contributed by atoms with Gasteiger partial charge < -0.3 is 9.47 Å². The molecule has 0 fully saturated rings. The largest absolute Gasteiger partial charge is 0.489 e. The van der Waals surface area contributed by atoms with E-state index in [2.05, 4.69) is 0 Å². The van der Waals surface area contributed by atoms with Crippen LogP contribution in [-0.2, 0) is 18.8 Å². The van der Waals surface area contributed by atoms with Crippen molar-refractivity contribution < 1.29 is 9.47 Å². The topological polar surface area (TPSA) is 45.4 Å². The molecule has 0 aliphatic heterocycles. The van der Waals surface area contributed by atoms with Crippen LogP contribution in [0.3, 0.4) is 0 Å². The Kier molecular flexibility index (Phi) is 3.19. The molecule has 1 aromatic heterocycles. The van der Waals surface area contributed by atoms with Crippen molar-refractivity contribution in [3.63, 3.8) is 0 Å². The average Bonchev–Trinajstić information content (AvgIpc) is 2.56. The number of aryl methyl sites for hydroxylation is 2. The molecule has 5 heteroatoms. The van der Waals surface area contributed by atoms with E-state index in [0.29, 0.717) is 19.0 Å². The lowest BCUT2D eigenvalue weighted by Gasteiger charge is -2.07. The number of fused-ring (bicyclic) bond motifs is 1. The zero-order valence-corrected chi connectivity index (χ0v) is 10.3. The normalized spacial score (nSPS) is 11.0. The van der Waals surface area contributed by atoms with Crippen molar-refractivity contribution in [2.24, 2.45) is 14.1 Å². The number of para-hydroxylation sites is 1. The fraction of sp³-hybridized carbons (Fsp3) is 0.417. The average molecular weight is 236 g/mol. The van der Waals surface area contributed by atoms with Crippen molar-refractivity contribution in [3.8, 4) is 5.75 Å². The van der Waals surface area contributed by atoms with Crippen LogP contribution in [0.15, 0.2) is 23.0 Å². The quantitative estimate of drug-likeness (QED) is 0.741. The summed E-state index contributed by atoms with van der Waals surface area (Å²) >= 11 is 0. The number of rotatable bonds is 4. The molecule has 0 unspecified atom stereocenters. The minimum atomic E-state index is -0.0530. The van der Waals surface area contributed by atoms with Gasteiger partial charge in [0.1, 0.15) is 17.9 Å². The van der Waals surface area contributed by atoms with Gasteiger partial charge in [-0.3, -0.25) is 9.13 Å². The summed E-state index contributed by atoms with van der Waals surface area (Å²) in [6.45, 7) is 0.996. The third-order valence-corrected chi connectivity index (χ3v) is 2.79. The standard InChI is InChI=1S/C12H16N2O3/c1-13-9-5-4-6-10(17-8-7-16-3)11(9)14(2)12(13)15/h4-6H,7-8H2,1-3H3. The summed E-state index contributed by atoms with van der Waals surface area (Å²) in [5, 5.41) is 0. The predicted octanol–water partition coefficient (Wildman–Crippen LogP) is 0.902. The highest BCUT2D eigenvalue weighted by Gasteiger charge is 2.11. The van der Waals surface area contributed by atoms with Crippen LogP contribution in [0.5, 0.6) is 5.75 Å². The van der Waals surface area contributed by atoms with Crippen LogP contribution in [0, 0.1) is 0 Å². The van der Waals surface area contributed by atoms with E-state index in [1.165, 1.54) is 0 Å². The number of ether oxygens (including phenoxy) is 2. The molecule has 0 saturated carbocycles. The smallest absolute Gasteiger partial charge is 0.328 e. The lowest BCUT2D eigenvalue weighted by atomic mass is 10.3. The molecule has 0 bridgehead atoms. The fourth-order valence-electron chi connectivity index (χ4n) is 1.89. The van der Waals surface area contributed by atoms with E-state index in [0.717, 1.165) is 11.0 Å². The number of aromatic nitrogens is 2. The van der Waals surface area contributed by atoms with E-state index < -0.39 is 0 Å². The van der Waals surface area contributed by atoms with Crippen LogP contribution >= 0.6 is 0 Å². The first kappa shape index (κ1) is 11.7. The SMILES string of the molecule is COCCOc1cccc2c1n(C)c(=O)n2C. The first-order valence-electron chi connectivity index (χ1n) is 5.43. The summed E-state index contributed by atoms with van der Waals surface area (Å²) in [6.07, 6.45) is 0. The Balaban J connectivity index is 2.50. The first-order valence-corrected chi connectivity index (χ1v) is 5.43. The molecule has 0 amide bonds. The molecule has 1 heterocycles. The highest BCUT2D eigenvalue weighted by molar-refractivity contribution is 5.82. The van der Waals surface area contributed by atoms with Gasteiger partial charge in [0.2, 0.25) is 0 Å². The summed E-state index contributed by atoms with van der Waals surface area (Å²) in [5.74, 6) is 0.708. The number of benzene rings is 1. The Morgan fingerprint density at radius 2 is 1.94 bits per heavy atom. The first-order chi connectivity index (χ1) is 8.16. The Hall–Kier alpha value is -1.75. The molecule has 17 heavy (non-hydrogen) atoms. The third-order valence-electron chi connectivity index (χ3n) is 2.79. The van der Waals surface area contributed by atoms with Gasteiger partial charge in [-0.05, 0) is 12.1 Å². The van der Waals surface area contributed by atoms with Crippen LogP contribution in [0.1, 0.15) is 0 Å². The van der Waals surface area contributed by atoms with Gasteiger partial charge in [0.05, 0.1) is 12.1 Å². The van der Waals surface area contributed by atoms with E-state index in [9.17, 15) is 4.79 Å². The van der Waals surface area contributed by atoms with Crippen molar-refractivity contribution in [2.45, 2.75) is 0 Å². The lowest BCUT2D eigenvalue weighted by molar-refractivity contribution is 0.147. The molecule has 0 atom stereocenters.